The lowest BCUT2D eigenvalue weighted by Gasteiger charge is -2.58. The molecule has 5 aliphatic rings. The summed E-state index contributed by atoms with van der Waals surface area (Å²) in [6, 6.07) is 8.25. The van der Waals surface area contributed by atoms with Gasteiger partial charge < -0.3 is 20.2 Å². The second-order valence-corrected chi connectivity index (χ2v) is 11.2. The van der Waals surface area contributed by atoms with Crippen molar-refractivity contribution >= 4 is 17.5 Å². The predicted molar refractivity (Wildman–Crippen MR) is 132 cm³/mol. The fourth-order valence-electron chi connectivity index (χ4n) is 7.36. The average Bonchev–Trinajstić information content (AvgIpc) is 2.85. The molecule has 7 rings (SSSR count). The largest absolute Gasteiger partial charge is 0.390 e. The number of nitrogens with one attached hydrogen (secondary N) is 1. The highest BCUT2D eigenvalue weighted by molar-refractivity contribution is 5.92. The quantitative estimate of drug-likeness (QED) is 0.679. The SMILES string of the molecule is C[C@@H]1CN(c2ccc(C#N)cc2F)CCN1c1nccc(C(=O)N[C@H]2C3CC4CC2C[C@](O)(C4)C3)n1. The summed E-state index contributed by atoms with van der Waals surface area (Å²) in [6.07, 6.45) is 6.26. The van der Waals surface area contributed by atoms with E-state index in [1.165, 1.54) is 6.07 Å². The van der Waals surface area contributed by atoms with Crippen LogP contribution < -0.4 is 15.1 Å². The van der Waals surface area contributed by atoms with Gasteiger partial charge in [-0.2, -0.15) is 5.26 Å². The summed E-state index contributed by atoms with van der Waals surface area (Å²) in [7, 11) is 0. The Morgan fingerprint density at radius 1 is 1.22 bits per heavy atom. The maximum Gasteiger partial charge on any atom is 0.270 e. The van der Waals surface area contributed by atoms with E-state index in [0.29, 0.717) is 60.3 Å². The van der Waals surface area contributed by atoms with E-state index in [1.807, 2.05) is 22.8 Å². The van der Waals surface area contributed by atoms with Crippen LogP contribution in [0.1, 0.15) is 55.1 Å². The van der Waals surface area contributed by atoms with Crippen molar-refractivity contribution in [2.24, 2.45) is 17.8 Å². The molecular weight excluding hydrogens is 459 g/mol. The third-order valence-corrected chi connectivity index (χ3v) is 8.72. The number of aliphatic hydroxyl groups is 1. The zero-order chi connectivity index (χ0) is 25.0. The number of rotatable bonds is 4. The van der Waals surface area contributed by atoms with Gasteiger partial charge in [0.05, 0.1) is 22.9 Å². The number of hydrogen-bond acceptors (Lipinski definition) is 7. The van der Waals surface area contributed by atoms with E-state index in [2.05, 4.69) is 15.3 Å². The van der Waals surface area contributed by atoms with Crippen LogP contribution in [0.3, 0.4) is 0 Å². The number of anilines is 2. The molecule has 2 aromatic rings. The molecule has 2 N–H and O–H groups in total. The van der Waals surface area contributed by atoms with Crippen LogP contribution in [-0.4, -0.2) is 58.3 Å². The molecule has 1 aromatic heterocycles. The molecule has 1 aromatic carbocycles. The molecule has 4 aliphatic carbocycles. The van der Waals surface area contributed by atoms with Crippen molar-refractivity contribution < 1.29 is 14.3 Å². The minimum Gasteiger partial charge on any atom is -0.390 e. The van der Waals surface area contributed by atoms with Crippen molar-refractivity contribution in [3.63, 3.8) is 0 Å². The molecule has 188 valence electrons. The molecule has 9 heteroatoms. The number of amides is 1. The van der Waals surface area contributed by atoms with Crippen molar-refractivity contribution in [2.75, 3.05) is 29.4 Å². The van der Waals surface area contributed by atoms with Gasteiger partial charge in [0.15, 0.2) is 0 Å². The van der Waals surface area contributed by atoms with Crippen LogP contribution >= 0.6 is 0 Å². The first kappa shape index (κ1) is 23.2. The predicted octanol–water partition coefficient (Wildman–Crippen LogP) is 2.87. The van der Waals surface area contributed by atoms with Gasteiger partial charge in [-0.05, 0) is 81.0 Å². The van der Waals surface area contributed by atoms with Gasteiger partial charge in [0, 0.05) is 37.9 Å². The molecule has 1 amide bonds. The topological polar surface area (TPSA) is 105 Å². The monoisotopic (exact) mass is 490 g/mol. The van der Waals surface area contributed by atoms with Crippen molar-refractivity contribution in [2.45, 2.75) is 56.7 Å². The minimum atomic E-state index is -0.529. The van der Waals surface area contributed by atoms with Gasteiger partial charge in [-0.1, -0.05) is 0 Å². The van der Waals surface area contributed by atoms with E-state index >= 15 is 0 Å². The lowest BCUT2D eigenvalue weighted by Crippen LogP contribution is -2.61. The van der Waals surface area contributed by atoms with Gasteiger partial charge in [-0.3, -0.25) is 4.79 Å². The smallest absolute Gasteiger partial charge is 0.270 e. The molecule has 5 fully saturated rings. The second kappa shape index (κ2) is 8.70. The number of halogens is 1. The van der Waals surface area contributed by atoms with Crippen LogP contribution in [0, 0.1) is 34.9 Å². The summed E-state index contributed by atoms with van der Waals surface area (Å²) in [5.41, 5.74) is 0.602. The molecule has 2 unspecified atom stereocenters. The lowest BCUT2D eigenvalue weighted by molar-refractivity contribution is -0.136. The second-order valence-electron chi connectivity index (χ2n) is 11.2. The van der Waals surface area contributed by atoms with Crippen LogP contribution in [0.15, 0.2) is 30.5 Å². The maximum atomic E-state index is 14.5. The summed E-state index contributed by atoms with van der Waals surface area (Å²) in [4.78, 5) is 26.3. The van der Waals surface area contributed by atoms with Gasteiger partial charge >= 0.3 is 0 Å². The molecule has 0 radical (unpaired) electrons. The Labute approximate surface area is 210 Å². The van der Waals surface area contributed by atoms with Crippen LogP contribution in [0.5, 0.6) is 0 Å². The Morgan fingerprint density at radius 3 is 2.67 bits per heavy atom. The van der Waals surface area contributed by atoms with E-state index in [9.17, 15) is 14.3 Å². The number of carbonyl (C=O) groups excluding carboxylic acids is 1. The summed E-state index contributed by atoms with van der Waals surface area (Å²) in [5, 5.41) is 23.1. The summed E-state index contributed by atoms with van der Waals surface area (Å²) in [6.45, 7) is 3.75. The maximum absolute atomic E-state index is 14.5. The van der Waals surface area contributed by atoms with Gasteiger partial charge in [-0.15, -0.1) is 0 Å². The average molecular weight is 491 g/mol. The molecule has 0 spiro atoms. The normalized spacial score (nSPS) is 32.9. The zero-order valence-corrected chi connectivity index (χ0v) is 20.4. The summed E-state index contributed by atoms with van der Waals surface area (Å²) < 4.78 is 14.5. The van der Waals surface area contributed by atoms with Crippen molar-refractivity contribution in [1.29, 1.82) is 5.26 Å². The number of nitriles is 1. The lowest BCUT2D eigenvalue weighted by atomic mass is 9.52. The highest BCUT2D eigenvalue weighted by atomic mass is 19.1. The van der Waals surface area contributed by atoms with E-state index < -0.39 is 11.4 Å². The number of piperazine rings is 1. The third kappa shape index (κ3) is 4.07. The van der Waals surface area contributed by atoms with Gasteiger partial charge in [0.25, 0.3) is 5.91 Å². The number of aromatic nitrogens is 2. The zero-order valence-electron chi connectivity index (χ0n) is 20.4. The highest BCUT2D eigenvalue weighted by Crippen LogP contribution is 2.55. The summed E-state index contributed by atoms with van der Waals surface area (Å²) >= 11 is 0. The molecule has 3 atom stereocenters. The first-order valence-electron chi connectivity index (χ1n) is 12.9. The Morgan fingerprint density at radius 2 is 2.00 bits per heavy atom. The van der Waals surface area contributed by atoms with E-state index in [4.69, 9.17) is 5.26 Å². The molecule has 4 saturated carbocycles. The Balaban J connectivity index is 1.13. The number of hydrogen-bond donors (Lipinski definition) is 2. The summed E-state index contributed by atoms with van der Waals surface area (Å²) in [5.74, 6) is 1.17. The molecule has 36 heavy (non-hydrogen) atoms. The molecule has 2 heterocycles. The van der Waals surface area contributed by atoms with Crippen LogP contribution in [0.2, 0.25) is 0 Å². The van der Waals surface area contributed by atoms with E-state index in [1.54, 1.807) is 24.4 Å². The first-order chi connectivity index (χ1) is 17.3. The van der Waals surface area contributed by atoms with Crippen molar-refractivity contribution in [3.8, 4) is 6.07 Å². The van der Waals surface area contributed by atoms with E-state index in [-0.39, 0.29) is 18.0 Å². The molecule has 1 saturated heterocycles. The molecule has 4 bridgehead atoms. The van der Waals surface area contributed by atoms with E-state index in [0.717, 1.165) is 32.1 Å². The highest BCUT2D eigenvalue weighted by Gasteiger charge is 2.55. The fourth-order valence-corrected chi connectivity index (χ4v) is 7.36. The minimum absolute atomic E-state index is 0.00252. The van der Waals surface area contributed by atoms with Crippen molar-refractivity contribution in [1.82, 2.24) is 15.3 Å². The fraction of sp³-hybridized carbons (Fsp3) is 0.556. The Bertz CT molecular complexity index is 1210. The van der Waals surface area contributed by atoms with Crippen LogP contribution in [0.4, 0.5) is 16.0 Å². The Hall–Kier alpha value is -3.25. The van der Waals surface area contributed by atoms with Crippen LogP contribution in [-0.2, 0) is 0 Å². The molecular formula is C27H31FN6O2. The first-order valence-corrected chi connectivity index (χ1v) is 12.9. The number of carbonyl (C=O) groups is 1. The molecule has 8 nitrogen and oxygen atoms in total. The standard InChI is InChI=1S/C27H31FN6O2/c1-16-15-33(23-3-2-17(14-29)10-21(23)28)6-7-34(16)26-30-5-4-22(31-26)25(35)32-24-19-8-18-9-20(24)13-27(36,11-18)12-19/h2-5,10,16,18-20,24,36H,6-9,11-13,15H2,1H3,(H,32,35)/t16-,18?,19?,20?,24-,27-/m1/s1. The number of benzene rings is 1. The third-order valence-electron chi connectivity index (χ3n) is 8.72. The van der Waals surface area contributed by atoms with Gasteiger partial charge in [-0.25, -0.2) is 14.4 Å². The molecule has 1 aliphatic heterocycles. The van der Waals surface area contributed by atoms with Crippen molar-refractivity contribution in [3.05, 3.63) is 47.5 Å². The number of nitrogens with zero attached hydrogens (tertiary/aromatic N) is 5. The van der Waals surface area contributed by atoms with Gasteiger partial charge in [0.2, 0.25) is 5.95 Å². The Kier molecular flexibility index (Phi) is 5.60. The van der Waals surface area contributed by atoms with Gasteiger partial charge in [0.1, 0.15) is 11.5 Å². The van der Waals surface area contributed by atoms with Crippen LogP contribution in [0.25, 0.3) is 0 Å².